The van der Waals surface area contributed by atoms with Gasteiger partial charge in [0.15, 0.2) is 0 Å². The molecule has 0 aromatic heterocycles. The van der Waals surface area contributed by atoms with Crippen LogP contribution >= 0.6 is 0 Å². The number of nitrogens with zero attached hydrogens (tertiary/aromatic N) is 2. The lowest BCUT2D eigenvalue weighted by Gasteiger charge is -2.12. The lowest BCUT2D eigenvalue weighted by molar-refractivity contribution is -0.123. The van der Waals surface area contributed by atoms with Crippen LogP contribution in [0.15, 0.2) is 12.3 Å². The Hall–Kier alpha value is -0.990. The van der Waals surface area contributed by atoms with E-state index in [0.29, 0.717) is 0 Å². The second kappa shape index (κ2) is 5.63. The fraction of sp³-hybridized carbons (Fsp3) is 0.667. The summed E-state index contributed by atoms with van der Waals surface area (Å²) in [6, 6.07) is 0. The first kappa shape index (κ1) is 11.0. The average Bonchev–Trinajstić information content (AvgIpc) is 2.00. The van der Waals surface area contributed by atoms with E-state index < -0.39 is 0 Å². The highest BCUT2D eigenvalue weighted by Gasteiger charge is 1.96. The first-order valence-electron chi connectivity index (χ1n) is 4.17. The average molecular weight is 170 g/mol. The molecule has 0 aliphatic carbocycles. The number of likely N-dealkylation sites (N-methyl/N-ethyl adjacent to an activating group) is 1. The number of carbonyl (C=O) groups is 1. The third-order valence-corrected chi connectivity index (χ3v) is 1.49. The Labute approximate surface area is 74.7 Å². The molecule has 0 N–H and O–H groups in total. The molecule has 0 aromatic carbocycles. The first-order valence-corrected chi connectivity index (χ1v) is 4.17. The molecule has 0 aliphatic heterocycles. The molecule has 3 nitrogen and oxygen atoms in total. The van der Waals surface area contributed by atoms with Crippen molar-refractivity contribution < 1.29 is 4.79 Å². The molecule has 0 saturated heterocycles. The summed E-state index contributed by atoms with van der Waals surface area (Å²) < 4.78 is 0. The highest BCUT2D eigenvalue weighted by molar-refractivity contribution is 5.86. The van der Waals surface area contributed by atoms with E-state index in [2.05, 4.69) is 6.92 Å². The molecule has 0 saturated carbocycles. The van der Waals surface area contributed by atoms with Gasteiger partial charge >= 0.3 is 0 Å². The van der Waals surface area contributed by atoms with Gasteiger partial charge in [0.2, 0.25) is 5.91 Å². The van der Waals surface area contributed by atoms with Gasteiger partial charge in [-0.2, -0.15) is 0 Å². The van der Waals surface area contributed by atoms with Crippen molar-refractivity contribution in [3.05, 3.63) is 12.3 Å². The zero-order chi connectivity index (χ0) is 9.56. The van der Waals surface area contributed by atoms with Crippen molar-refractivity contribution in [2.75, 3.05) is 27.7 Å². The molecular formula is C9H18N2O. The van der Waals surface area contributed by atoms with E-state index in [0.717, 1.165) is 13.0 Å². The molecule has 3 heteroatoms. The Morgan fingerprint density at radius 1 is 1.33 bits per heavy atom. The van der Waals surface area contributed by atoms with Gasteiger partial charge in [0, 0.05) is 40.0 Å². The number of hydrogen-bond acceptors (Lipinski definition) is 2. The quantitative estimate of drug-likeness (QED) is 0.586. The molecule has 0 atom stereocenters. The Morgan fingerprint density at radius 3 is 2.33 bits per heavy atom. The third-order valence-electron chi connectivity index (χ3n) is 1.49. The SMILES string of the molecule is CCCN(C)C=CC(=O)N(C)C. The number of amides is 1. The molecule has 12 heavy (non-hydrogen) atoms. The van der Waals surface area contributed by atoms with E-state index in [-0.39, 0.29) is 5.91 Å². The molecule has 0 spiro atoms. The molecule has 0 heterocycles. The summed E-state index contributed by atoms with van der Waals surface area (Å²) in [7, 11) is 5.45. The second-order valence-corrected chi connectivity index (χ2v) is 3.03. The van der Waals surface area contributed by atoms with Crippen molar-refractivity contribution in [2.45, 2.75) is 13.3 Å². The van der Waals surface area contributed by atoms with Gasteiger partial charge in [-0.1, -0.05) is 6.92 Å². The number of carbonyl (C=O) groups excluding carboxylic acids is 1. The van der Waals surface area contributed by atoms with Crippen LogP contribution in [-0.4, -0.2) is 43.4 Å². The highest BCUT2D eigenvalue weighted by atomic mass is 16.2. The van der Waals surface area contributed by atoms with Crippen LogP contribution in [-0.2, 0) is 4.79 Å². The van der Waals surface area contributed by atoms with Crippen LogP contribution in [0.1, 0.15) is 13.3 Å². The topological polar surface area (TPSA) is 23.6 Å². The van der Waals surface area contributed by atoms with Crippen LogP contribution in [0.4, 0.5) is 0 Å². The van der Waals surface area contributed by atoms with Crippen LogP contribution in [0, 0.1) is 0 Å². The number of rotatable bonds is 4. The van der Waals surface area contributed by atoms with Crippen molar-refractivity contribution in [1.29, 1.82) is 0 Å². The Balaban J connectivity index is 3.81. The van der Waals surface area contributed by atoms with Crippen molar-refractivity contribution >= 4 is 5.91 Å². The Bertz CT molecular complexity index is 164. The van der Waals surface area contributed by atoms with Crippen LogP contribution in [0.5, 0.6) is 0 Å². The van der Waals surface area contributed by atoms with Gasteiger partial charge in [0.25, 0.3) is 0 Å². The van der Waals surface area contributed by atoms with Crippen molar-refractivity contribution in [3.8, 4) is 0 Å². The molecule has 0 rings (SSSR count). The molecular weight excluding hydrogens is 152 g/mol. The van der Waals surface area contributed by atoms with E-state index in [1.807, 2.05) is 18.1 Å². The van der Waals surface area contributed by atoms with Gasteiger partial charge in [-0.25, -0.2) is 0 Å². The zero-order valence-corrected chi connectivity index (χ0v) is 8.37. The molecule has 70 valence electrons. The van der Waals surface area contributed by atoms with Gasteiger partial charge in [0.05, 0.1) is 0 Å². The maximum Gasteiger partial charge on any atom is 0.247 e. The fourth-order valence-electron chi connectivity index (χ4n) is 0.767. The maximum absolute atomic E-state index is 11.1. The highest BCUT2D eigenvalue weighted by Crippen LogP contribution is 1.89. The largest absolute Gasteiger partial charge is 0.380 e. The van der Waals surface area contributed by atoms with Crippen molar-refractivity contribution in [2.24, 2.45) is 0 Å². The van der Waals surface area contributed by atoms with Crippen molar-refractivity contribution in [3.63, 3.8) is 0 Å². The molecule has 0 unspecified atom stereocenters. The molecule has 0 fully saturated rings. The van der Waals surface area contributed by atoms with Gasteiger partial charge in [-0.3, -0.25) is 4.79 Å². The lowest BCUT2D eigenvalue weighted by Crippen LogP contribution is -2.20. The van der Waals surface area contributed by atoms with Crippen LogP contribution < -0.4 is 0 Å². The van der Waals surface area contributed by atoms with E-state index in [4.69, 9.17) is 0 Å². The molecule has 0 radical (unpaired) electrons. The number of hydrogen-bond donors (Lipinski definition) is 0. The van der Waals surface area contributed by atoms with E-state index in [9.17, 15) is 4.79 Å². The van der Waals surface area contributed by atoms with Gasteiger partial charge < -0.3 is 9.80 Å². The predicted octanol–water partition coefficient (Wildman–Crippen LogP) is 0.930. The first-order chi connectivity index (χ1) is 5.57. The van der Waals surface area contributed by atoms with Crippen LogP contribution in [0.25, 0.3) is 0 Å². The summed E-state index contributed by atoms with van der Waals surface area (Å²) in [6.07, 6.45) is 4.48. The minimum Gasteiger partial charge on any atom is -0.380 e. The lowest BCUT2D eigenvalue weighted by atomic mass is 10.4. The minimum atomic E-state index is 0.0259. The summed E-state index contributed by atoms with van der Waals surface area (Å²) in [4.78, 5) is 14.6. The van der Waals surface area contributed by atoms with Crippen LogP contribution in [0.2, 0.25) is 0 Å². The maximum atomic E-state index is 11.1. The molecule has 0 bridgehead atoms. The normalized spacial score (nSPS) is 10.3. The standard InChI is InChI=1S/C9H18N2O/c1-5-7-11(4)8-6-9(12)10(2)3/h6,8H,5,7H2,1-4H3. The van der Waals surface area contributed by atoms with Gasteiger partial charge in [-0.05, 0) is 6.42 Å². The van der Waals surface area contributed by atoms with Gasteiger partial charge in [0.1, 0.15) is 0 Å². The van der Waals surface area contributed by atoms with E-state index >= 15 is 0 Å². The molecule has 0 aromatic rings. The van der Waals surface area contributed by atoms with E-state index in [1.165, 1.54) is 0 Å². The van der Waals surface area contributed by atoms with E-state index in [1.54, 1.807) is 25.1 Å². The smallest absolute Gasteiger partial charge is 0.247 e. The van der Waals surface area contributed by atoms with Gasteiger partial charge in [-0.15, -0.1) is 0 Å². The minimum absolute atomic E-state index is 0.0259. The predicted molar refractivity (Wildman–Crippen MR) is 50.8 cm³/mol. The zero-order valence-electron chi connectivity index (χ0n) is 8.37. The summed E-state index contributed by atoms with van der Waals surface area (Å²) in [6.45, 7) is 3.09. The monoisotopic (exact) mass is 170 g/mol. The van der Waals surface area contributed by atoms with Crippen molar-refractivity contribution in [1.82, 2.24) is 9.80 Å². The summed E-state index contributed by atoms with van der Waals surface area (Å²) in [5.74, 6) is 0.0259. The molecule has 1 amide bonds. The Kier molecular flexibility index (Phi) is 5.17. The fourth-order valence-corrected chi connectivity index (χ4v) is 0.767. The molecule has 0 aliphatic rings. The second-order valence-electron chi connectivity index (χ2n) is 3.03. The summed E-state index contributed by atoms with van der Waals surface area (Å²) in [5.41, 5.74) is 0. The summed E-state index contributed by atoms with van der Waals surface area (Å²) in [5, 5.41) is 0. The van der Waals surface area contributed by atoms with Crippen LogP contribution in [0.3, 0.4) is 0 Å². The summed E-state index contributed by atoms with van der Waals surface area (Å²) >= 11 is 0. The Morgan fingerprint density at radius 2 is 1.92 bits per heavy atom. The third kappa shape index (κ3) is 4.77.